The molecule has 0 aliphatic carbocycles. The fourth-order valence-corrected chi connectivity index (χ4v) is 2.51. The van der Waals surface area contributed by atoms with Crippen molar-refractivity contribution < 1.29 is 9.94 Å². The van der Waals surface area contributed by atoms with E-state index in [4.69, 9.17) is 9.94 Å². The normalized spacial score (nSPS) is 11.6. The third-order valence-electron chi connectivity index (χ3n) is 2.86. The molecule has 1 aromatic heterocycles. The molecule has 0 atom stereocenters. The van der Waals surface area contributed by atoms with Gasteiger partial charge in [0.25, 0.3) is 0 Å². The average molecular weight is 275 g/mol. The minimum Gasteiger partial charge on any atom is -0.493 e. The van der Waals surface area contributed by atoms with E-state index < -0.39 is 0 Å². The number of thiophene rings is 1. The van der Waals surface area contributed by atoms with Crippen molar-refractivity contribution in [3.05, 3.63) is 51.7 Å². The van der Waals surface area contributed by atoms with Gasteiger partial charge < -0.3 is 9.94 Å². The minimum atomic E-state index is 0.561. The topological polar surface area (TPSA) is 41.8 Å². The molecule has 1 aromatic carbocycles. The lowest BCUT2D eigenvalue weighted by molar-refractivity contribution is 0.314. The van der Waals surface area contributed by atoms with Gasteiger partial charge in [0.05, 0.1) is 12.3 Å². The first-order chi connectivity index (χ1) is 9.20. The van der Waals surface area contributed by atoms with Crippen LogP contribution in [0.4, 0.5) is 0 Å². The average Bonchev–Trinajstić information content (AvgIpc) is 2.91. The molecule has 0 saturated heterocycles. The number of hydrogen-bond donors (Lipinski definition) is 1. The Morgan fingerprint density at radius 2 is 2.21 bits per heavy atom. The molecule has 1 heterocycles. The van der Waals surface area contributed by atoms with Crippen molar-refractivity contribution in [2.24, 2.45) is 5.16 Å². The van der Waals surface area contributed by atoms with E-state index in [1.807, 2.05) is 31.2 Å². The van der Waals surface area contributed by atoms with Gasteiger partial charge in [-0.3, -0.25) is 0 Å². The molecular formula is C15H17NO2S. The van der Waals surface area contributed by atoms with Crippen LogP contribution < -0.4 is 4.74 Å². The highest BCUT2D eigenvalue weighted by molar-refractivity contribution is 7.09. The lowest BCUT2D eigenvalue weighted by atomic mass is 10.1. The maximum absolute atomic E-state index is 8.89. The molecule has 19 heavy (non-hydrogen) atoms. The molecule has 0 aliphatic heterocycles. The van der Waals surface area contributed by atoms with Gasteiger partial charge in [-0.2, -0.15) is 0 Å². The Morgan fingerprint density at radius 1 is 1.37 bits per heavy atom. The first-order valence-corrected chi connectivity index (χ1v) is 7.03. The van der Waals surface area contributed by atoms with Crippen LogP contribution in [-0.2, 0) is 6.42 Å². The first kappa shape index (κ1) is 13.6. The number of nitrogens with zero attached hydrogens (tertiary/aromatic N) is 1. The highest BCUT2D eigenvalue weighted by Gasteiger charge is 2.08. The molecule has 2 rings (SSSR count). The van der Waals surface area contributed by atoms with Crippen LogP contribution in [0.2, 0.25) is 0 Å². The van der Waals surface area contributed by atoms with Gasteiger partial charge in [0.15, 0.2) is 0 Å². The van der Waals surface area contributed by atoms with Crippen LogP contribution in [0.5, 0.6) is 5.75 Å². The van der Waals surface area contributed by atoms with Crippen molar-refractivity contribution in [1.82, 2.24) is 0 Å². The molecule has 0 unspecified atom stereocenters. The fourth-order valence-electron chi connectivity index (χ4n) is 1.82. The van der Waals surface area contributed by atoms with Crippen LogP contribution in [0, 0.1) is 6.92 Å². The van der Waals surface area contributed by atoms with E-state index in [1.165, 1.54) is 4.88 Å². The summed E-state index contributed by atoms with van der Waals surface area (Å²) in [6.45, 7) is 4.40. The summed E-state index contributed by atoms with van der Waals surface area (Å²) in [4.78, 5) is 1.31. The summed E-state index contributed by atoms with van der Waals surface area (Å²) in [6, 6.07) is 10.0. The second-order valence-corrected chi connectivity index (χ2v) is 5.40. The molecule has 0 spiro atoms. The van der Waals surface area contributed by atoms with Gasteiger partial charge in [-0.15, -0.1) is 11.3 Å². The van der Waals surface area contributed by atoms with Gasteiger partial charge in [0.2, 0.25) is 0 Å². The zero-order valence-corrected chi connectivity index (χ0v) is 11.9. The van der Waals surface area contributed by atoms with Crippen molar-refractivity contribution >= 4 is 17.0 Å². The number of benzene rings is 1. The molecule has 0 radical (unpaired) electrons. The Kier molecular flexibility index (Phi) is 4.58. The number of hydrogen-bond acceptors (Lipinski definition) is 4. The Hall–Kier alpha value is -1.81. The first-order valence-electron chi connectivity index (χ1n) is 6.15. The lowest BCUT2D eigenvalue weighted by Crippen LogP contribution is -2.05. The molecule has 0 fully saturated rings. The SMILES string of the molecule is C/C(=N/O)c1ccc(C)cc1OCCc1cccs1. The molecular weight excluding hydrogens is 258 g/mol. The van der Waals surface area contributed by atoms with E-state index in [2.05, 4.69) is 16.6 Å². The van der Waals surface area contributed by atoms with Gasteiger partial charge in [-0.25, -0.2) is 0 Å². The van der Waals surface area contributed by atoms with Crippen LogP contribution in [0.25, 0.3) is 0 Å². The Bertz CT molecular complexity index is 562. The Morgan fingerprint density at radius 3 is 2.89 bits per heavy atom. The number of oxime groups is 1. The van der Waals surface area contributed by atoms with E-state index >= 15 is 0 Å². The summed E-state index contributed by atoms with van der Waals surface area (Å²) in [5.41, 5.74) is 2.52. The number of rotatable bonds is 5. The van der Waals surface area contributed by atoms with Gasteiger partial charge in [-0.05, 0) is 43.0 Å². The maximum atomic E-state index is 8.89. The van der Waals surface area contributed by atoms with E-state index in [-0.39, 0.29) is 0 Å². The molecule has 2 aromatic rings. The Labute approximate surface area is 117 Å². The van der Waals surface area contributed by atoms with Gasteiger partial charge >= 0.3 is 0 Å². The standard InChI is InChI=1S/C15H17NO2S/c1-11-5-6-14(12(2)16-17)15(10-11)18-8-7-13-4-3-9-19-13/h3-6,9-10,17H,7-8H2,1-2H3/b16-12-. The van der Waals surface area contributed by atoms with Crippen LogP contribution >= 0.6 is 11.3 Å². The third-order valence-corrected chi connectivity index (χ3v) is 3.80. The quantitative estimate of drug-likeness (QED) is 0.511. The van der Waals surface area contributed by atoms with Crippen molar-refractivity contribution in [2.45, 2.75) is 20.3 Å². The second-order valence-electron chi connectivity index (χ2n) is 4.36. The molecule has 3 nitrogen and oxygen atoms in total. The highest BCUT2D eigenvalue weighted by atomic mass is 32.1. The summed E-state index contributed by atoms with van der Waals surface area (Å²) >= 11 is 1.73. The zero-order chi connectivity index (χ0) is 13.7. The molecule has 0 aliphatic rings. The van der Waals surface area contributed by atoms with Crippen LogP contribution in [-0.4, -0.2) is 17.5 Å². The number of ether oxygens (including phenoxy) is 1. The zero-order valence-electron chi connectivity index (χ0n) is 11.1. The lowest BCUT2D eigenvalue weighted by Gasteiger charge is -2.11. The molecule has 0 saturated carbocycles. The summed E-state index contributed by atoms with van der Waals surface area (Å²) in [6.07, 6.45) is 0.889. The van der Waals surface area contributed by atoms with E-state index in [9.17, 15) is 0 Å². The molecule has 1 N–H and O–H groups in total. The van der Waals surface area contributed by atoms with Crippen molar-refractivity contribution in [2.75, 3.05) is 6.61 Å². The predicted molar refractivity (Wildman–Crippen MR) is 78.7 cm³/mol. The summed E-state index contributed by atoms with van der Waals surface area (Å²) in [5.74, 6) is 0.770. The summed E-state index contributed by atoms with van der Waals surface area (Å²) in [7, 11) is 0. The summed E-state index contributed by atoms with van der Waals surface area (Å²) in [5, 5.41) is 14.2. The van der Waals surface area contributed by atoms with Gasteiger partial charge in [0, 0.05) is 16.9 Å². The third kappa shape index (κ3) is 3.58. The predicted octanol–water partition coefficient (Wildman–Crippen LogP) is 3.88. The van der Waals surface area contributed by atoms with E-state index in [0.717, 1.165) is 23.3 Å². The molecule has 0 bridgehead atoms. The number of aryl methyl sites for hydroxylation is 1. The van der Waals surface area contributed by atoms with Crippen LogP contribution in [0.1, 0.15) is 22.9 Å². The summed E-state index contributed by atoms with van der Waals surface area (Å²) < 4.78 is 5.83. The van der Waals surface area contributed by atoms with E-state index in [0.29, 0.717) is 12.3 Å². The van der Waals surface area contributed by atoms with Crippen molar-refractivity contribution in [1.29, 1.82) is 0 Å². The maximum Gasteiger partial charge on any atom is 0.128 e. The van der Waals surface area contributed by atoms with Gasteiger partial charge in [0.1, 0.15) is 5.75 Å². The van der Waals surface area contributed by atoms with Crippen LogP contribution in [0.3, 0.4) is 0 Å². The molecule has 100 valence electrons. The largest absolute Gasteiger partial charge is 0.493 e. The van der Waals surface area contributed by atoms with Crippen molar-refractivity contribution in [3.63, 3.8) is 0 Å². The second kappa shape index (κ2) is 6.38. The molecule has 0 amide bonds. The smallest absolute Gasteiger partial charge is 0.128 e. The molecule has 4 heteroatoms. The fraction of sp³-hybridized carbons (Fsp3) is 0.267. The van der Waals surface area contributed by atoms with Crippen molar-refractivity contribution in [3.8, 4) is 5.75 Å². The van der Waals surface area contributed by atoms with Gasteiger partial charge in [-0.1, -0.05) is 17.3 Å². The highest BCUT2D eigenvalue weighted by Crippen LogP contribution is 2.22. The van der Waals surface area contributed by atoms with Crippen LogP contribution in [0.15, 0.2) is 40.9 Å². The monoisotopic (exact) mass is 275 g/mol. The van der Waals surface area contributed by atoms with E-state index in [1.54, 1.807) is 18.3 Å². The Balaban J connectivity index is 2.08. The minimum absolute atomic E-state index is 0.561.